The molecule has 0 aliphatic rings. The molecule has 28 heavy (non-hydrogen) atoms. The van der Waals surface area contributed by atoms with E-state index in [0.717, 1.165) is 17.0 Å². The summed E-state index contributed by atoms with van der Waals surface area (Å²) in [6, 6.07) is 8.65. The molecule has 2 aromatic heterocycles. The molecule has 0 fully saturated rings. The molecule has 0 unspecified atom stereocenters. The van der Waals surface area contributed by atoms with Crippen molar-refractivity contribution in [1.29, 1.82) is 5.26 Å². The van der Waals surface area contributed by atoms with E-state index in [1.54, 1.807) is 40.7 Å². The lowest BCUT2D eigenvalue weighted by Crippen LogP contribution is -2.26. The first kappa shape index (κ1) is 19.0. The summed E-state index contributed by atoms with van der Waals surface area (Å²) < 4.78 is 1.64. The lowest BCUT2D eigenvalue weighted by Gasteiger charge is -2.18. The van der Waals surface area contributed by atoms with E-state index >= 15 is 0 Å². The second kappa shape index (κ2) is 7.48. The van der Waals surface area contributed by atoms with Gasteiger partial charge in [-0.25, -0.2) is 9.50 Å². The van der Waals surface area contributed by atoms with E-state index in [1.807, 2.05) is 13.8 Å². The molecule has 8 nitrogen and oxygen atoms in total. The average molecular weight is 376 g/mol. The monoisotopic (exact) mass is 376 g/mol. The molecule has 0 spiro atoms. The maximum absolute atomic E-state index is 12.6. The minimum Gasteiger partial charge on any atom is -0.366 e. The number of aryl methyl sites for hydroxylation is 2. The van der Waals surface area contributed by atoms with Gasteiger partial charge in [0, 0.05) is 36.1 Å². The highest BCUT2D eigenvalue weighted by atomic mass is 16.2. The molecule has 8 heteroatoms. The Morgan fingerprint density at radius 2 is 1.93 bits per heavy atom. The molecule has 142 valence electrons. The molecule has 0 bridgehead atoms. The number of nitrogens with zero attached hydrogens (tertiary/aromatic N) is 5. The quantitative estimate of drug-likeness (QED) is 0.730. The molecule has 0 aliphatic heterocycles. The molecule has 2 amide bonds. The number of nitrogens with two attached hydrogens (primary N) is 1. The van der Waals surface area contributed by atoms with Crippen LogP contribution in [0, 0.1) is 25.2 Å². The van der Waals surface area contributed by atoms with Crippen molar-refractivity contribution in [3.05, 3.63) is 58.5 Å². The summed E-state index contributed by atoms with van der Waals surface area (Å²) in [4.78, 5) is 29.8. The molecule has 3 aromatic rings. The van der Waals surface area contributed by atoms with E-state index in [9.17, 15) is 9.59 Å². The number of amides is 2. The summed E-state index contributed by atoms with van der Waals surface area (Å²) in [7, 11) is 1.69. The number of carbonyl (C=O) groups excluding carboxylic acids is 2. The highest BCUT2D eigenvalue weighted by Crippen LogP contribution is 2.20. The van der Waals surface area contributed by atoms with Gasteiger partial charge in [-0.1, -0.05) is 0 Å². The number of hydrogen-bond donors (Lipinski definition) is 1. The fraction of sp³-hybridized carbons (Fsp3) is 0.250. The predicted molar refractivity (Wildman–Crippen MR) is 104 cm³/mol. The number of anilines is 1. The number of nitriles is 1. The van der Waals surface area contributed by atoms with Gasteiger partial charge in [-0.15, -0.1) is 0 Å². The maximum atomic E-state index is 12.6. The van der Waals surface area contributed by atoms with Gasteiger partial charge in [0.25, 0.3) is 0 Å². The van der Waals surface area contributed by atoms with Crippen LogP contribution in [-0.4, -0.2) is 33.5 Å². The summed E-state index contributed by atoms with van der Waals surface area (Å²) in [5.41, 5.74) is 9.85. The number of primary amides is 1. The molecule has 0 saturated carbocycles. The van der Waals surface area contributed by atoms with Crippen molar-refractivity contribution in [2.45, 2.75) is 26.7 Å². The molecular weight excluding hydrogens is 356 g/mol. The smallest absolute Gasteiger partial charge is 0.248 e. The Morgan fingerprint density at radius 3 is 2.54 bits per heavy atom. The summed E-state index contributed by atoms with van der Waals surface area (Å²) in [6.45, 7) is 3.77. The molecule has 0 aliphatic carbocycles. The van der Waals surface area contributed by atoms with Gasteiger partial charge in [-0.05, 0) is 50.1 Å². The SMILES string of the molecule is Cc1nc2c(C#N)cnn2c(C)c1CCC(=O)N(C)c1ccc(C(N)=O)cc1. The van der Waals surface area contributed by atoms with Crippen molar-refractivity contribution in [1.82, 2.24) is 14.6 Å². The van der Waals surface area contributed by atoms with Gasteiger partial charge in [0.05, 0.1) is 6.20 Å². The summed E-state index contributed by atoms with van der Waals surface area (Å²) in [5, 5.41) is 13.4. The second-order valence-electron chi connectivity index (χ2n) is 6.53. The molecule has 2 heterocycles. The third-order valence-electron chi connectivity index (χ3n) is 4.83. The zero-order chi connectivity index (χ0) is 20.4. The number of fused-ring (bicyclic) bond motifs is 1. The average Bonchev–Trinajstić information content (AvgIpc) is 3.10. The van der Waals surface area contributed by atoms with Crippen LogP contribution in [0.5, 0.6) is 0 Å². The zero-order valence-corrected chi connectivity index (χ0v) is 15.9. The Labute approximate surface area is 162 Å². The molecule has 0 saturated heterocycles. The topological polar surface area (TPSA) is 117 Å². The van der Waals surface area contributed by atoms with Crippen LogP contribution in [0.1, 0.15) is 39.3 Å². The van der Waals surface area contributed by atoms with E-state index < -0.39 is 5.91 Å². The van der Waals surface area contributed by atoms with Crippen LogP contribution in [0.4, 0.5) is 5.69 Å². The van der Waals surface area contributed by atoms with E-state index in [2.05, 4.69) is 16.2 Å². The van der Waals surface area contributed by atoms with Crippen LogP contribution in [0.15, 0.2) is 30.5 Å². The van der Waals surface area contributed by atoms with Crippen LogP contribution < -0.4 is 10.6 Å². The Balaban J connectivity index is 1.77. The maximum Gasteiger partial charge on any atom is 0.248 e. The van der Waals surface area contributed by atoms with Crippen LogP contribution >= 0.6 is 0 Å². The van der Waals surface area contributed by atoms with Crippen LogP contribution in [0.2, 0.25) is 0 Å². The molecule has 0 radical (unpaired) electrons. The first-order chi connectivity index (χ1) is 13.3. The van der Waals surface area contributed by atoms with Crippen molar-refractivity contribution >= 4 is 23.1 Å². The van der Waals surface area contributed by atoms with Gasteiger partial charge >= 0.3 is 0 Å². The number of aromatic nitrogens is 3. The summed E-state index contributed by atoms with van der Waals surface area (Å²) in [6.07, 6.45) is 2.29. The minimum atomic E-state index is -0.507. The van der Waals surface area contributed by atoms with Gasteiger partial charge in [-0.2, -0.15) is 10.4 Å². The molecule has 1 aromatic carbocycles. The third-order valence-corrected chi connectivity index (χ3v) is 4.83. The predicted octanol–water partition coefficient (Wildman–Crippen LogP) is 1.91. The van der Waals surface area contributed by atoms with E-state index in [0.29, 0.717) is 28.9 Å². The van der Waals surface area contributed by atoms with Crippen LogP contribution in [0.3, 0.4) is 0 Å². The highest BCUT2D eigenvalue weighted by Gasteiger charge is 2.17. The minimum absolute atomic E-state index is 0.0658. The first-order valence-corrected chi connectivity index (χ1v) is 8.73. The van der Waals surface area contributed by atoms with Crippen LogP contribution in [0.25, 0.3) is 5.65 Å². The lowest BCUT2D eigenvalue weighted by atomic mass is 10.1. The Morgan fingerprint density at radius 1 is 1.25 bits per heavy atom. The Bertz CT molecular complexity index is 1110. The number of benzene rings is 1. The zero-order valence-electron chi connectivity index (χ0n) is 15.9. The highest BCUT2D eigenvalue weighted by molar-refractivity contribution is 5.95. The molecule has 0 atom stereocenters. The third kappa shape index (κ3) is 3.42. The van der Waals surface area contributed by atoms with Crippen molar-refractivity contribution < 1.29 is 9.59 Å². The Hall–Kier alpha value is -3.73. The van der Waals surface area contributed by atoms with Gasteiger partial charge < -0.3 is 10.6 Å². The number of rotatable bonds is 5. The fourth-order valence-electron chi connectivity index (χ4n) is 3.14. The molecule has 2 N–H and O–H groups in total. The van der Waals surface area contributed by atoms with Crippen molar-refractivity contribution in [2.75, 3.05) is 11.9 Å². The molecular formula is C20H20N6O2. The standard InChI is InChI=1S/C20H20N6O2/c1-12-17(13(2)26-20(24-12)15(10-21)11-23-26)8-9-18(27)25(3)16-6-4-14(5-7-16)19(22)28/h4-7,11H,8-9H2,1-3H3,(H2,22,28). The normalized spacial score (nSPS) is 10.6. The first-order valence-electron chi connectivity index (χ1n) is 8.73. The van der Waals surface area contributed by atoms with Gasteiger partial charge in [0.1, 0.15) is 11.6 Å². The van der Waals surface area contributed by atoms with E-state index in [4.69, 9.17) is 11.0 Å². The van der Waals surface area contributed by atoms with Gasteiger partial charge in [0.15, 0.2) is 5.65 Å². The van der Waals surface area contributed by atoms with Gasteiger partial charge in [-0.3, -0.25) is 9.59 Å². The van der Waals surface area contributed by atoms with Crippen molar-refractivity contribution in [2.24, 2.45) is 5.73 Å². The summed E-state index contributed by atoms with van der Waals surface area (Å²) in [5.74, 6) is -0.573. The van der Waals surface area contributed by atoms with Crippen molar-refractivity contribution in [3.8, 4) is 6.07 Å². The largest absolute Gasteiger partial charge is 0.366 e. The van der Waals surface area contributed by atoms with Crippen LogP contribution in [-0.2, 0) is 11.2 Å². The fourth-order valence-corrected chi connectivity index (χ4v) is 3.14. The lowest BCUT2D eigenvalue weighted by molar-refractivity contribution is -0.118. The van der Waals surface area contributed by atoms with E-state index in [-0.39, 0.29) is 12.3 Å². The number of hydrogen-bond acceptors (Lipinski definition) is 5. The van der Waals surface area contributed by atoms with Crippen molar-refractivity contribution in [3.63, 3.8) is 0 Å². The summed E-state index contributed by atoms with van der Waals surface area (Å²) >= 11 is 0. The second-order valence-corrected chi connectivity index (χ2v) is 6.53. The molecule has 3 rings (SSSR count). The Kier molecular flexibility index (Phi) is 5.09. The van der Waals surface area contributed by atoms with Gasteiger partial charge in [0.2, 0.25) is 11.8 Å². The van der Waals surface area contributed by atoms with E-state index in [1.165, 1.54) is 6.20 Å². The number of carbonyl (C=O) groups is 2.